The van der Waals surface area contributed by atoms with Crippen LogP contribution in [0.2, 0.25) is 0 Å². The van der Waals surface area contributed by atoms with E-state index >= 15 is 0 Å². The topological polar surface area (TPSA) is 67.1 Å². The molecule has 1 aromatic heterocycles. The predicted octanol–water partition coefficient (Wildman–Crippen LogP) is 0.759. The first-order chi connectivity index (χ1) is 8.74. The van der Waals surface area contributed by atoms with E-state index in [0.717, 1.165) is 19.0 Å². The zero-order chi connectivity index (χ0) is 12.5. The Morgan fingerprint density at radius 1 is 1.33 bits per heavy atom. The minimum absolute atomic E-state index is 0.294. The molecule has 96 valence electrons. The molecule has 1 aromatic rings. The third-order valence-corrected chi connectivity index (χ3v) is 3.75. The molecule has 1 saturated carbocycles. The zero-order valence-corrected chi connectivity index (χ0v) is 11.0. The van der Waals surface area contributed by atoms with Gasteiger partial charge in [0.2, 0.25) is 0 Å². The van der Waals surface area contributed by atoms with Gasteiger partial charge in [0.25, 0.3) is 0 Å². The highest BCUT2D eigenvalue weighted by Gasteiger charge is 2.34. The van der Waals surface area contributed by atoms with Gasteiger partial charge in [-0.15, -0.1) is 0 Å². The van der Waals surface area contributed by atoms with Crippen LogP contribution in [-0.4, -0.2) is 45.0 Å². The van der Waals surface area contributed by atoms with Gasteiger partial charge in [0, 0.05) is 37.6 Å². The number of nitrogens with one attached hydrogen (secondary N) is 1. The van der Waals surface area contributed by atoms with Crippen molar-refractivity contribution in [1.82, 2.24) is 14.9 Å². The van der Waals surface area contributed by atoms with Crippen molar-refractivity contribution in [2.45, 2.75) is 31.3 Å². The van der Waals surface area contributed by atoms with Gasteiger partial charge in [-0.25, -0.2) is 9.97 Å². The lowest BCUT2D eigenvalue weighted by Crippen LogP contribution is -2.29. The Bertz CT molecular complexity index is 460. The zero-order valence-electron chi connectivity index (χ0n) is 10.2. The molecule has 0 radical (unpaired) electrons. The summed E-state index contributed by atoms with van der Waals surface area (Å²) >= 11 is 4.99. The Balaban J connectivity index is 1.67. The smallest absolute Gasteiger partial charge is 0.155 e. The van der Waals surface area contributed by atoms with E-state index in [2.05, 4.69) is 20.2 Å². The average Bonchev–Trinajstić information content (AvgIpc) is 3.11. The number of aromatic nitrogens is 2. The van der Waals surface area contributed by atoms with E-state index in [0.29, 0.717) is 22.5 Å². The van der Waals surface area contributed by atoms with E-state index in [1.165, 1.54) is 19.4 Å². The van der Waals surface area contributed by atoms with Gasteiger partial charge in [0.1, 0.15) is 10.7 Å². The molecule has 1 atom stereocenters. The summed E-state index contributed by atoms with van der Waals surface area (Å²) in [5, 5.41) is 3.42. The quantitative estimate of drug-likeness (QED) is 0.782. The summed E-state index contributed by atoms with van der Waals surface area (Å²) in [5.74, 6) is 0.715. The largest absolute Gasteiger partial charge is 0.388 e. The van der Waals surface area contributed by atoms with E-state index < -0.39 is 0 Å². The molecule has 0 spiro atoms. The van der Waals surface area contributed by atoms with Gasteiger partial charge in [-0.2, -0.15) is 0 Å². The number of nitrogens with zero attached hydrogens (tertiary/aromatic N) is 3. The van der Waals surface area contributed by atoms with Gasteiger partial charge < -0.3 is 11.1 Å². The third kappa shape index (κ3) is 2.44. The molecule has 0 amide bonds. The number of rotatable bonds is 4. The van der Waals surface area contributed by atoms with Crippen molar-refractivity contribution in [3.8, 4) is 0 Å². The molecule has 0 bridgehead atoms. The Morgan fingerprint density at radius 3 is 2.83 bits per heavy atom. The van der Waals surface area contributed by atoms with E-state index in [-0.39, 0.29) is 0 Å². The Labute approximate surface area is 112 Å². The van der Waals surface area contributed by atoms with Gasteiger partial charge in [0.05, 0.1) is 0 Å². The molecule has 1 aliphatic heterocycles. The molecule has 1 saturated heterocycles. The molecule has 3 N–H and O–H groups in total. The Kier molecular flexibility index (Phi) is 3.13. The van der Waals surface area contributed by atoms with Crippen LogP contribution in [0.25, 0.3) is 0 Å². The van der Waals surface area contributed by atoms with Crippen LogP contribution in [0.3, 0.4) is 0 Å². The summed E-state index contributed by atoms with van der Waals surface area (Å²) in [6, 6.07) is 1.25. The molecule has 1 aliphatic carbocycles. The lowest BCUT2D eigenvalue weighted by Gasteiger charge is -2.17. The molecule has 3 rings (SSSR count). The fraction of sp³-hybridized carbons (Fsp3) is 0.583. The Morgan fingerprint density at radius 2 is 2.11 bits per heavy atom. The first kappa shape index (κ1) is 11.8. The maximum atomic E-state index is 5.65. The SMILES string of the molecule is NC(=S)c1nccnc1NC1CCN(C2CC2)C1. The number of likely N-dealkylation sites (tertiary alicyclic amines) is 1. The summed E-state index contributed by atoms with van der Waals surface area (Å²) in [5.41, 5.74) is 6.25. The number of nitrogens with two attached hydrogens (primary N) is 1. The maximum absolute atomic E-state index is 5.65. The second kappa shape index (κ2) is 4.78. The van der Waals surface area contributed by atoms with Crippen LogP contribution in [0.5, 0.6) is 0 Å². The van der Waals surface area contributed by atoms with Crippen molar-refractivity contribution in [2.75, 3.05) is 18.4 Å². The first-order valence-electron chi connectivity index (χ1n) is 6.35. The fourth-order valence-corrected chi connectivity index (χ4v) is 2.64. The Hall–Kier alpha value is -1.27. The molecule has 18 heavy (non-hydrogen) atoms. The van der Waals surface area contributed by atoms with E-state index in [4.69, 9.17) is 18.0 Å². The molecular weight excluding hydrogens is 246 g/mol. The van der Waals surface area contributed by atoms with Crippen LogP contribution in [0.4, 0.5) is 5.82 Å². The lowest BCUT2D eigenvalue weighted by molar-refractivity contribution is 0.326. The van der Waals surface area contributed by atoms with Gasteiger partial charge >= 0.3 is 0 Å². The third-order valence-electron chi connectivity index (χ3n) is 3.56. The molecule has 0 aromatic carbocycles. The van der Waals surface area contributed by atoms with Crippen LogP contribution in [0.1, 0.15) is 25.0 Å². The van der Waals surface area contributed by atoms with Crippen molar-refractivity contribution in [2.24, 2.45) is 5.73 Å². The average molecular weight is 263 g/mol. The number of anilines is 1. The van der Waals surface area contributed by atoms with Crippen LogP contribution in [-0.2, 0) is 0 Å². The molecule has 6 heteroatoms. The first-order valence-corrected chi connectivity index (χ1v) is 6.76. The maximum Gasteiger partial charge on any atom is 0.155 e. The van der Waals surface area contributed by atoms with Crippen molar-refractivity contribution in [1.29, 1.82) is 0 Å². The second-order valence-corrected chi connectivity index (χ2v) is 5.41. The van der Waals surface area contributed by atoms with Crippen LogP contribution in [0.15, 0.2) is 12.4 Å². The second-order valence-electron chi connectivity index (χ2n) is 4.97. The minimum Gasteiger partial charge on any atom is -0.388 e. The number of thiocarbonyl (C=S) groups is 1. The van der Waals surface area contributed by atoms with E-state index in [9.17, 15) is 0 Å². The molecule has 2 fully saturated rings. The molecule has 2 heterocycles. The highest BCUT2D eigenvalue weighted by molar-refractivity contribution is 7.80. The highest BCUT2D eigenvalue weighted by Crippen LogP contribution is 2.30. The summed E-state index contributed by atoms with van der Waals surface area (Å²) in [6.07, 6.45) is 7.14. The van der Waals surface area contributed by atoms with E-state index in [1.54, 1.807) is 12.4 Å². The van der Waals surface area contributed by atoms with Crippen molar-refractivity contribution in [3.05, 3.63) is 18.1 Å². The molecule has 5 nitrogen and oxygen atoms in total. The van der Waals surface area contributed by atoms with Gasteiger partial charge in [0.15, 0.2) is 5.82 Å². The highest BCUT2D eigenvalue weighted by atomic mass is 32.1. The summed E-state index contributed by atoms with van der Waals surface area (Å²) in [7, 11) is 0. The van der Waals surface area contributed by atoms with Crippen molar-refractivity contribution in [3.63, 3.8) is 0 Å². The van der Waals surface area contributed by atoms with Crippen LogP contribution < -0.4 is 11.1 Å². The molecule has 1 unspecified atom stereocenters. The van der Waals surface area contributed by atoms with Crippen LogP contribution >= 0.6 is 12.2 Å². The molecule has 2 aliphatic rings. The van der Waals surface area contributed by atoms with Gasteiger partial charge in [-0.3, -0.25) is 4.90 Å². The monoisotopic (exact) mass is 263 g/mol. The van der Waals surface area contributed by atoms with Crippen molar-refractivity contribution >= 4 is 23.0 Å². The standard InChI is InChI=1S/C12H17N5S/c13-11(18)10-12(15-5-4-14-10)16-8-3-6-17(7-8)9-1-2-9/h4-5,8-9H,1-3,6-7H2,(H2,13,18)(H,15,16). The summed E-state index contributed by atoms with van der Waals surface area (Å²) in [6.45, 7) is 2.25. The van der Waals surface area contributed by atoms with Gasteiger partial charge in [-0.05, 0) is 19.3 Å². The predicted molar refractivity (Wildman–Crippen MR) is 74.5 cm³/mol. The number of hydrogen-bond donors (Lipinski definition) is 2. The number of hydrogen-bond acceptors (Lipinski definition) is 5. The fourth-order valence-electron chi connectivity index (χ4n) is 2.49. The lowest BCUT2D eigenvalue weighted by atomic mass is 10.2. The summed E-state index contributed by atoms with van der Waals surface area (Å²) in [4.78, 5) is 11.3. The molecular formula is C12H17N5S. The van der Waals surface area contributed by atoms with E-state index in [1.807, 2.05) is 0 Å². The van der Waals surface area contributed by atoms with Crippen molar-refractivity contribution < 1.29 is 0 Å². The minimum atomic E-state index is 0.294. The van der Waals surface area contributed by atoms with Crippen LogP contribution in [0, 0.1) is 0 Å². The normalized spacial score (nSPS) is 24.1. The van der Waals surface area contributed by atoms with Gasteiger partial charge in [-0.1, -0.05) is 12.2 Å². The summed E-state index contributed by atoms with van der Waals surface area (Å²) < 4.78 is 0.